The van der Waals surface area contributed by atoms with Crippen LogP contribution in [-0.2, 0) is 0 Å². The van der Waals surface area contributed by atoms with E-state index in [1.165, 1.54) is 16.8 Å². The van der Waals surface area contributed by atoms with Gasteiger partial charge in [0.2, 0.25) is 0 Å². The molecule has 18 heavy (non-hydrogen) atoms. The van der Waals surface area contributed by atoms with Crippen LogP contribution in [0.25, 0.3) is 0 Å². The Morgan fingerprint density at radius 2 is 2.44 bits per heavy atom. The van der Waals surface area contributed by atoms with Gasteiger partial charge in [-0.15, -0.1) is 0 Å². The minimum Gasteiger partial charge on any atom is -0.395 e. The molecule has 4 N–H and O–H groups in total. The summed E-state index contributed by atoms with van der Waals surface area (Å²) in [5, 5.41) is 28.2. The number of hydrogen-bond acceptors (Lipinski definition) is 6. The molecule has 0 amide bonds. The number of aliphatic hydroxyl groups is 2. The number of nitriles is 1. The fourth-order valence-corrected chi connectivity index (χ4v) is 2.36. The molecule has 7 heteroatoms. The fourth-order valence-electron chi connectivity index (χ4n) is 2.36. The van der Waals surface area contributed by atoms with Gasteiger partial charge in [0.15, 0.2) is 0 Å². The lowest BCUT2D eigenvalue weighted by molar-refractivity contribution is 0.0460. The van der Waals surface area contributed by atoms with Crippen molar-refractivity contribution >= 4 is 5.82 Å². The highest BCUT2D eigenvalue weighted by Crippen LogP contribution is 2.43. The number of rotatable bonds is 2. The van der Waals surface area contributed by atoms with Crippen LogP contribution in [0.1, 0.15) is 18.9 Å². The first-order chi connectivity index (χ1) is 8.52. The van der Waals surface area contributed by atoms with E-state index in [2.05, 4.69) is 4.98 Å². The van der Waals surface area contributed by atoms with Crippen molar-refractivity contribution in [1.29, 1.82) is 5.26 Å². The molecule has 96 valence electrons. The van der Waals surface area contributed by atoms with Crippen molar-refractivity contribution in [3.63, 3.8) is 0 Å². The molecule has 7 nitrogen and oxygen atoms in total. The molecule has 0 aromatic carbocycles. The summed E-state index contributed by atoms with van der Waals surface area (Å²) in [5.74, 6) is 0.128. The van der Waals surface area contributed by atoms with Crippen molar-refractivity contribution in [3.8, 4) is 6.07 Å². The molecule has 0 spiro atoms. The van der Waals surface area contributed by atoms with Gasteiger partial charge in [0.25, 0.3) is 0 Å². The quantitative estimate of drug-likeness (QED) is 0.619. The van der Waals surface area contributed by atoms with Crippen molar-refractivity contribution in [1.82, 2.24) is 9.55 Å². The Labute approximate surface area is 103 Å². The third-order valence-electron chi connectivity index (χ3n) is 3.48. The number of nitrogen functional groups attached to an aromatic ring is 1. The van der Waals surface area contributed by atoms with Gasteiger partial charge >= 0.3 is 5.69 Å². The van der Waals surface area contributed by atoms with Crippen LogP contribution in [-0.4, -0.2) is 32.5 Å². The van der Waals surface area contributed by atoms with Crippen molar-refractivity contribution in [2.75, 3.05) is 12.3 Å². The summed E-state index contributed by atoms with van der Waals surface area (Å²) in [5.41, 5.74) is 3.68. The maximum absolute atomic E-state index is 11.7. The summed E-state index contributed by atoms with van der Waals surface area (Å²) in [6.45, 7) is -0.432. The van der Waals surface area contributed by atoms with Crippen LogP contribution < -0.4 is 11.4 Å². The molecule has 1 fully saturated rings. The van der Waals surface area contributed by atoms with Gasteiger partial charge in [-0.3, -0.25) is 4.57 Å². The molecule has 1 aliphatic rings. The number of hydrogen-bond donors (Lipinski definition) is 3. The summed E-state index contributed by atoms with van der Waals surface area (Å²) in [4.78, 5) is 15.3. The van der Waals surface area contributed by atoms with Gasteiger partial charge < -0.3 is 15.9 Å². The van der Waals surface area contributed by atoms with Gasteiger partial charge in [-0.1, -0.05) is 0 Å². The Morgan fingerprint density at radius 3 is 2.94 bits per heavy atom. The van der Waals surface area contributed by atoms with Crippen molar-refractivity contribution in [2.45, 2.75) is 25.0 Å². The zero-order chi connectivity index (χ0) is 13.3. The summed E-state index contributed by atoms with van der Waals surface area (Å²) >= 11 is 0. The molecule has 3 atom stereocenters. The van der Waals surface area contributed by atoms with Crippen molar-refractivity contribution in [3.05, 3.63) is 22.7 Å². The van der Waals surface area contributed by atoms with Gasteiger partial charge in [-0.2, -0.15) is 10.2 Å². The first-order valence-electron chi connectivity index (χ1n) is 5.57. The van der Waals surface area contributed by atoms with Gasteiger partial charge in [-0.25, -0.2) is 4.79 Å². The lowest BCUT2D eigenvalue weighted by Crippen LogP contribution is -2.32. The van der Waals surface area contributed by atoms with E-state index in [9.17, 15) is 15.0 Å². The molecule has 1 aliphatic carbocycles. The minimum absolute atomic E-state index is 0.128. The van der Waals surface area contributed by atoms with Gasteiger partial charge in [0.1, 0.15) is 11.2 Å². The van der Waals surface area contributed by atoms with E-state index in [0.29, 0.717) is 0 Å². The Balaban J connectivity index is 2.33. The number of nitrogens with zero attached hydrogens (tertiary/aromatic N) is 3. The minimum atomic E-state index is -1.20. The topological polar surface area (TPSA) is 125 Å². The monoisotopic (exact) mass is 250 g/mol. The Bertz CT molecular complexity index is 550. The third kappa shape index (κ3) is 1.85. The summed E-state index contributed by atoms with van der Waals surface area (Å²) in [6, 6.07) is 3.08. The van der Waals surface area contributed by atoms with Crippen molar-refractivity contribution in [2.24, 2.45) is 5.41 Å². The number of aromatic nitrogens is 2. The number of aliphatic hydroxyl groups excluding tert-OH is 2. The van der Waals surface area contributed by atoms with Crippen LogP contribution in [0.5, 0.6) is 0 Å². The van der Waals surface area contributed by atoms with Crippen LogP contribution in [0, 0.1) is 16.7 Å². The summed E-state index contributed by atoms with van der Waals surface area (Å²) in [7, 11) is 0. The molecule has 0 aliphatic heterocycles. The molecule has 1 aromatic rings. The van der Waals surface area contributed by atoms with Gasteiger partial charge in [-0.05, 0) is 18.9 Å². The first-order valence-corrected chi connectivity index (χ1v) is 5.57. The van der Waals surface area contributed by atoms with E-state index in [-0.39, 0.29) is 24.7 Å². The van der Waals surface area contributed by atoms with Crippen LogP contribution in [0.2, 0.25) is 0 Å². The Kier molecular flexibility index (Phi) is 3.07. The molecule has 0 unspecified atom stereocenters. The predicted octanol–water partition coefficient (Wildman–Crippen LogP) is -0.976. The maximum Gasteiger partial charge on any atom is 0.349 e. The van der Waals surface area contributed by atoms with Crippen LogP contribution in [0.3, 0.4) is 0 Å². The lowest BCUT2D eigenvalue weighted by Gasteiger charge is -2.21. The second kappa shape index (κ2) is 4.40. The van der Waals surface area contributed by atoms with Crippen LogP contribution in [0.4, 0.5) is 5.82 Å². The highest BCUT2D eigenvalue weighted by molar-refractivity contribution is 5.24. The second-order valence-electron chi connectivity index (χ2n) is 4.58. The van der Waals surface area contributed by atoms with E-state index < -0.39 is 23.8 Å². The Morgan fingerprint density at radius 1 is 1.72 bits per heavy atom. The molecule has 0 radical (unpaired) electrons. The SMILES string of the molecule is N#C[C@@]1(CO)C[C@H](n2ccc(N)nc2=O)C[C@H]1O. The maximum atomic E-state index is 11.7. The Hall–Kier alpha value is -1.91. The summed E-state index contributed by atoms with van der Waals surface area (Å²) < 4.78 is 1.34. The highest BCUT2D eigenvalue weighted by atomic mass is 16.3. The number of anilines is 1. The standard InChI is InChI=1S/C11H14N4O3/c12-5-11(6-16)4-7(3-8(11)17)15-2-1-9(13)14-10(15)18/h1-2,7-8,16-17H,3-4,6H2,(H2,13,14,18)/t7-,8-,11-/m1/s1. The smallest absolute Gasteiger partial charge is 0.349 e. The average Bonchev–Trinajstić information content (AvgIpc) is 2.67. The van der Waals surface area contributed by atoms with E-state index >= 15 is 0 Å². The predicted molar refractivity (Wildman–Crippen MR) is 62.3 cm³/mol. The largest absolute Gasteiger partial charge is 0.395 e. The van der Waals surface area contributed by atoms with E-state index in [1.54, 1.807) is 0 Å². The van der Waals surface area contributed by atoms with E-state index in [4.69, 9.17) is 11.0 Å². The fraction of sp³-hybridized carbons (Fsp3) is 0.545. The van der Waals surface area contributed by atoms with E-state index in [0.717, 1.165) is 0 Å². The van der Waals surface area contributed by atoms with Crippen LogP contribution in [0.15, 0.2) is 17.1 Å². The molecule has 2 rings (SSSR count). The van der Waals surface area contributed by atoms with Crippen LogP contribution >= 0.6 is 0 Å². The molecular weight excluding hydrogens is 236 g/mol. The van der Waals surface area contributed by atoms with Gasteiger partial charge in [0.05, 0.1) is 18.8 Å². The zero-order valence-electron chi connectivity index (χ0n) is 9.65. The zero-order valence-corrected chi connectivity index (χ0v) is 9.65. The molecular formula is C11H14N4O3. The second-order valence-corrected chi connectivity index (χ2v) is 4.58. The van der Waals surface area contributed by atoms with Crippen molar-refractivity contribution < 1.29 is 10.2 Å². The lowest BCUT2D eigenvalue weighted by atomic mass is 9.87. The molecule has 0 saturated heterocycles. The molecule has 1 heterocycles. The van der Waals surface area contributed by atoms with Gasteiger partial charge in [0, 0.05) is 12.2 Å². The normalized spacial score (nSPS) is 31.2. The molecule has 0 bridgehead atoms. The number of nitrogens with two attached hydrogens (primary N) is 1. The summed E-state index contributed by atoms with van der Waals surface area (Å²) in [6.07, 6.45) is 0.987. The van der Waals surface area contributed by atoms with E-state index in [1.807, 2.05) is 6.07 Å². The average molecular weight is 250 g/mol. The molecule has 1 saturated carbocycles. The third-order valence-corrected chi connectivity index (χ3v) is 3.48. The molecule has 1 aromatic heterocycles. The highest BCUT2D eigenvalue weighted by Gasteiger charge is 2.47. The first kappa shape index (κ1) is 12.5.